The Kier molecular flexibility index (Phi) is 3.66. The van der Waals surface area contributed by atoms with Gasteiger partial charge in [0.2, 0.25) is 0 Å². The Balaban J connectivity index is 1.45. The molecule has 1 aromatic rings. The molecule has 2 bridgehead atoms. The Morgan fingerprint density at radius 3 is 2.73 bits per heavy atom. The highest BCUT2D eigenvalue weighted by Crippen LogP contribution is 2.31. The number of carbonyl (C=O) groups excluding carboxylic acids is 1. The number of benzene rings is 1. The van der Waals surface area contributed by atoms with Crippen LogP contribution in [-0.4, -0.2) is 49.7 Å². The van der Waals surface area contributed by atoms with E-state index in [0.29, 0.717) is 24.5 Å². The van der Waals surface area contributed by atoms with E-state index >= 15 is 0 Å². The van der Waals surface area contributed by atoms with E-state index in [1.807, 2.05) is 12.1 Å². The van der Waals surface area contributed by atoms with Crippen LogP contribution in [0, 0.1) is 5.92 Å². The van der Waals surface area contributed by atoms with Gasteiger partial charge in [-0.25, -0.2) is 0 Å². The van der Waals surface area contributed by atoms with Gasteiger partial charge in [0, 0.05) is 18.2 Å². The van der Waals surface area contributed by atoms with Crippen molar-refractivity contribution in [3.05, 3.63) is 23.8 Å². The molecule has 0 aliphatic carbocycles. The summed E-state index contributed by atoms with van der Waals surface area (Å²) < 4.78 is 11.1. The van der Waals surface area contributed by atoms with Gasteiger partial charge in [-0.2, -0.15) is 0 Å². The van der Waals surface area contributed by atoms with Gasteiger partial charge >= 0.3 is 0 Å². The Morgan fingerprint density at radius 1 is 1.14 bits per heavy atom. The molecule has 1 aromatic carbocycles. The number of ether oxygens (including phenoxy) is 2. The average Bonchev–Trinajstić information content (AvgIpc) is 2.86. The number of hydrogen-bond acceptors (Lipinski definition) is 4. The lowest BCUT2D eigenvalue weighted by atomic mass is 9.94. The monoisotopic (exact) mass is 302 g/mol. The number of piperidine rings is 1. The molecule has 0 spiro atoms. The summed E-state index contributed by atoms with van der Waals surface area (Å²) >= 11 is 0. The average molecular weight is 302 g/mol. The smallest absolute Gasteiger partial charge is 0.251 e. The predicted molar refractivity (Wildman–Crippen MR) is 82.5 cm³/mol. The molecule has 4 heterocycles. The lowest BCUT2D eigenvalue weighted by Crippen LogP contribution is -2.42. The third-order valence-electron chi connectivity index (χ3n) is 4.94. The molecule has 1 amide bonds. The molecule has 0 radical (unpaired) electrons. The summed E-state index contributed by atoms with van der Waals surface area (Å²) in [6, 6.07) is 5.68. The fraction of sp³-hybridized carbons (Fsp3) is 0.588. The van der Waals surface area contributed by atoms with Gasteiger partial charge in [0.05, 0.1) is 0 Å². The minimum atomic E-state index is -0.00975. The van der Waals surface area contributed by atoms with Gasteiger partial charge in [0.25, 0.3) is 5.91 Å². The molecule has 0 saturated carbocycles. The third kappa shape index (κ3) is 2.77. The van der Waals surface area contributed by atoms with Crippen LogP contribution in [0.3, 0.4) is 0 Å². The van der Waals surface area contributed by atoms with Crippen molar-refractivity contribution in [2.45, 2.75) is 25.3 Å². The SMILES string of the molecule is O=C(NC1CC2CCN(CC2)C1)c1ccc2c(c1)OCCO2. The van der Waals surface area contributed by atoms with Gasteiger partial charge in [0.15, 0.2) is 11.5 Å². The van der Waals surface area contributed by atoms with Crippen LogP contribution in [-0.2, 0) is 0 Å². The Morgan fingerprint density at radius 2 is 1.91 bits per heavy atom. The van der Waals surface area contributed by atoms with Crippen molar-refractivity contribution in [1.82, 2.24) is 10.2 Å². The van der Waals surface area contributed by atoms with Crippen LogP contribution in [0.4, 0.5) is 0 Å². The van der Waals surface area contributed by atoms with E-state index in [9.17, 15) is 4.79 Å². The highest BCUT2D eigenvalue weighted by atomic mass is 16.6. The summed E-state index contributed by atoms with van der Waals surface area (Å²) in [6.07, 6.45) is 3.65. The zero-order valence-electron chi connectivity index (χ0n) is 12.7. The Labute approximate surface area is 130 Å². The van der Waals surface area contributed by atoms with Gasteiger partial charge in [-0.15, -0.1) is 0 Å². The highest BCUT2D eigenvalue weighted by molar-refractivity contribution is 5.95. The van der Waals surface area contributed by atoms with Crippen molar-refractivity contribution in [3.63, 3.8) is 0 Å². The van der Waals surface area contributed by atoms with E-state index in [1.54, 1.807) is 6.07 Å². The molecule has 0 aromatic heterocycles. The normalized spacial score (nSPS) is 29.7. The van der Waals surface area contributed by atoms with Gasteiger partial charge in [-0.1, -0.05) is 0 Å². The first-order chi connectivity index (χ1) is 10.8. The van der Waals surface area contributed by atoms with Crippen molar-refractivity contribution in [2.75, 3.05) is 32.8 Å². The van der Waals surface area contributed by atoms with Crippen LogP contribution in [0.1, 0.15) is 29.6 Å². The van der Waals surface area contributed by atoms with Gasteiger partial charge in [-0.05, 0) is 56.5 Å². The molecule has 3 fully saturated rings. The number of amides is 1. The second kappa shape index (κ2) is 5.80. The molecule has 3 saturated heterocycles. The van der Waals surface area contributed by atoms with Gasteiger partial charge < -0.3 is 19.7 Å². The summed E-state index contributed by atoms with van der Waals surface area (Å²) in [5, 5.41) is 3.21. The van der Waals surface area contributed by atoms with Crippen molar-refractivity contribution in [3.8, 4) is 11.5 Å². The second-order valence-electron chi connectivity index (χ2n) is 6.51. The summed E-state index contributed by atoms with van der Waals surface area (Å²) in [6.45, 7) is 4.45. The fourth-order valence-corrected chi connectivity index (χ4v) is 3.75. The Hall–Kier alpha value is -1.75. The summed E-state index contributed by atoms with van der Waals surface area (Å²) in [5.41, 5.74) is 0.649. The first-order valence-electron chi connectivity index (χ1n) is 8.21. The van der Waals surface area contributed by atoms with E-state index in [2.05, 4.69) is 10.2 Å². The number of carbonyl (C=O) groups is 1. The summed E-state index contributed by atoms with van der Waals surface area (Å²) in [4.78, 5) is 15.0. The zero-order valence-corrected chi connectivity index (χ0v) is 12.7. The second-order valence-corrected chi connectivity index (χ2v) is 6.51. The van der Waals surface area contributed by atoms with Crippen LogP contribution in [0.25, 0.3) is 0 Å². The quantitative estimate of drug-likeness (QED) is 0.903. The largest absolute Gasteiger partial charge is 0.486 e. The topological polar surface area (TPSA) is 50.8 Å². The van der Waals surface area contributed by atoms with Crippen LogP contribution in [0.5, 0.6) is 11.5 Å². The summed E-state index contributed by atoms with van der Waals surface area (Å²) in [7, 11) is 0. The number of rotatable bonds is 2. The molecule has 5 rings (SSSR count). The van der Waals surface area contributed by atoms with Crippen LogP contribution < -0.4 is 14.8 Å². The molecular formula is C17H22N2O3. The molecule has 5 heteroatoms. The summed E-state index contributed by atoms with van der Waals surface area (Å²) in [5.74, 6) is 2.15. The lowest BCUT2D eigenvalue weighted by Gasteiger charge is -2.26. The van der Waals surface area contributed by atoms with Crippen LogP contribution >= 0.6 is 0 Å². The van der Waals surface area contributed by atoms with E-state index in [1.165, 1.54) is 25.9 Å². The van der Waals surface area contributed by atoms with E-state index in [0.717, 1.165) is 24.6 Å². The first kappa shape index (κ1) is 13.9. The highest BCUT2D eigenvalue weighted by Gasteiger charge is 2.30. The predicted octanol–water partition coefficient (Wildman–Crippen LogP) is 1.67. The van der Waals surface area contributed by atoms with Crippen molar-refractivity contribution in [2.24, 2.45) is 5.92 Å². The maximum absolute atomic E-state index is 12.5. The van der Waals surface area contributed by atoms with Gasteiger partial charge in [-0.3, -0.25) is 4.79 Å². The molecule has 118 valence electrons. The van der Waals surface area contributed by atoms with Gasteiger partial charge in [0.1, 0.15) is 13.2 Å². The molecule has 1 atom stereocenters. The molecule has 22 heavy (non-hydrogen) atoms. The molecule has 1 N–H and O–H groups in total. The van der Waals surface area contributed by atoms with Crippen molar-refractivity contribution >= 4 is 5.91 Å². The minimum absolute atomic E-state index is 0.00975. The third-order valence-corrected chi connectivity index (χ3v) is 4.94. The lowest BCUT2D eigenvalue weighted by molar-refractivity contribution is 0.0927. The van der Waals surface area contributed by atoms with E-state index < -0.39 is 0 Å². The number of fused-ring (bicyclic) bond motifs is 5. The zero-order chi connectivity index (χ0) is 14.9. The number of nitrogens with zero attached hydrogens (tertiary/aromatic N) is 1. The van der Waals surface area contributed by atoms with Crippen molar-refractivity contribution in [1.29, 1.82) is 0 Å². The molecule has 1 unspecified atom stereocenters. The minimum Gasteiger partial charge on any atom is -0.486 e. The molecule has 4 aliphatic heterocycles. The molecule has 4 aliphatic rings. The molecule has 5 nitrogen and oxygen atoms in total. The Bertz CT molecular complexity index is 553. The maximum Gasteiger partial charge on any atom is 0.251 e. The van der Waals surface area contributed by atoms with E-state index in [4.69, 9.17) is 9.47 Å². The maximum atomic E-state index is 12.5. The fourth-order valence-electron chi connectivity index (χ4n) is 3.75. The first-order valence-corrected chi connectivity index (χ1v) is 8.21. The molecular weight excluding hydrogens is 280 g/mol. The number of nitrogens with one attached hydrogen (secondary N) is 1. The van der Waals surface area contributed by atoms with Crippen LogP contribution in [0.2, 0.25) is 0 Å². The van der Waals surface area contributed by atoms with Crippen LogP contribution in [0.15, 0.2) is 18.2 Å². The van der Waals surface area contributed by atoms with Crippen molar-refractivity contribution < 1.29 is 14.3 Å². The van der Waals surface area contributed by atoms with E-state index in [-0.39, 0.29) is 11.9 Å². The standard InChI is InChI=1S/C17H22N2O3/c20-17(13-1-2-15-16(10-13)22-8-7-21-15)18-14-9-12-3-5-19(11-14)6-4-12/h1-2,10,12,14H,3-9,11H2,(H,18,20). The number of hydrogen-bond donors (Lipinski definition) is 1.